The first-order valence-electron chi connectivity index (χ1n) is 3.47. The summed E-state index contributed by atoms with van der Waals surface area (Å²) in [6.45, 7) is 1.97. The Kier molecular flexibility index (Phi) is 2.52. The molecule has 3 heteroatoms. The SMILES string of the molecule is COC1(N)CC=C(Br)C=C1C. The fourth-order valence-electron chi connectivity index (χ4n) is 1.04. The van der Waals surface area contributed by atoms with Crippen LogP contribution >= 0.6 is 15.9 Å². The van der Waals surface area contributed by atoms with Gasteiger partial charge in [0, 0.05) is 18.0 Å². The second kappa shape index (κ2) is 3.09. The molecule has 0 aromatic heterocycles. The largest absolute Gasteiger partial charge is 0.360 e. The van der Waals surface area contributed by atoms with E-state index in [1.807, 2.05) is 19.1 Å². The maximum absolute atomic E-state index is 5.91. The lowest BCUT2D eigenvalue weighted by Gasteiger charge is -2.30. The summed E-state index contributed by atoms with van der Waals surface area (Å²) in [7, 11) is 1.63. The number of allylic oxidation sites excluding steroid dienone is 2. The van der Waals surface area contributed by atoms with Gasteiger partial charge in [0.2, 0.25) is 0 Å². The van der Waals surface area contributed by atoms with E-state index in [-0.39, 0.29) is 0 Å². The Morgan fingerprint density at radius 3 is 2.82 bits per heavy atom. The maximum Gasteiger partial charge on any atom is 0.142 e. The molecule has 2 nitrogen and oxygen atoms in total. The highest BCUT2D eigenvalue weighted by Gasteiger charge is 2.27. The Balaban J connectivity index is 2.87. The van der Waals surface area contributed by atoms with Crippen molar-refractivity contribution in [2.45, 2.75) is 19.1 Å². The van der Waals surface area contributed by atoms with Crippen LogP contribution in [-0.2, 0) is 4.74 Å². The molecule has 0 radical (unpaired) electrons. The van der Waals surface area contributed by atoms with Gasteiger partial charge in [0.25, 0.3) is 0 Å². The van der Waals surface area contributed by atoms with Gasteiger partial charge >= 0.3 is 0 Å². The van der Waals surface area contributed by atoms with Gasteiger partial charge in [-0.3, -0.25) is 5.73 Å². The van der Waals surface area contributed by atoms with Gasteiger partial charge < -0.3 is 4.74 Å². The zero-order chi connectivity index (χ0) is 8.48. The Labute approximate surface area is 75.2 Å². The van der Waals surface area contributed by atoms with E-state index in [0.29, 0.717) is 0 Å². The van der Waals surface area contributed by atoms with Crippen molar-refractivity contribution >= 4 is 15.9 Å². The van der Waals surface area contributed by atoms with Gasteiger partial charge in [-0.05, 0) is 18.6 Å². The number of rotatable bonds is 1. The second-order valence-electron chi connectivity index (χ2n) is 2.71. The van der Waals surface area contributed by atoms with Crippen molar-refractivity contribution in [2.24, 2.45) is 5.73 Å². The third kappa shape index (κ3) is 1.72. The van der Waals surface area contributed by atoms with E-state index in [1.165, 1.54) is 0 Å². The van der Waals surface area contributed by atoms with Crippen molar-refractivity contribution < 1.29 is 4.74 Å². The highest BCUT2D eigenvalue weighted by molar-refractivity contribution is 9.11. The first kappa shape index (κ1) is 8.97. The summed E-state index contributed by atoms with van der Waals surface area (Å²) in [5, 5.41) is 0. The average Bonchev–Trinajstić information content (AvgIpc) is 1.98. The van der Waals surface area contributed by atoms with Gasteiger partial charge in [0.15, 0.2) is 0 Å². The highest BCUT2D eigenvalue weighted by atomic mass is 79.9. The van der Waals surface area contributed by atoms with Gasteiger partial charge in [-0.1, -0.05) is 22.0 Å². The van der Waals surface area contributed by atoms with Crippen molar-refractivity contribution in [3.8, 4) is 0 Å². The molecule has 0 heterocycles. The number of ether oxygens (including phenoxy) is 1. The molecule has 0 saturated heterocycles. The molecule has 1 aliphatic carbocycles. The quantitative estimate of drug-likeness (QED) is 0.682. The molecule has 0 amide bonds. The fourth-order valence-corrected chi connectivity index (χ4v) is 1.55. The van der Waals surface area contributed by atoms with Crippen molar-refractivity contribution in [3.63, 3.8) is 0 Å². The van der Waals surface area contributed by atoms with Crippen molar-refractivity contribution in [1.82, 2.24) is 0 Å². The first-order chi connectivity index (χ1) is 5.08. The average molecular weight is 218 g/mol. The first-order valence-corrected chi connectivity index (χ1v) is 4.26. The molecular formula is C8H12BrNO. The predicted molar refractivity (Wildman–Crippen MR) is 49.3 cm³/mol. The molecule has 62 valence electrons. The molecule has 1 unspecified atom stereocenters. The van der Waals surface area contributed by atoms with Crippen LogP contribution in [0.2, 0.25) is 0 Å². The molecule has 0 spiro atoms. The van der Waals surface area contributed by atoms with Crippen molar-refractivity contribution in [1.29, 1.82) is 0 Å². The minimum Gasteiger partial charge on any atom is -0.360 e. The van der Waals surface area contributed by atoms with E-state index < -0.39 is 5.72 Å². The normalized spacial score (nSPS) is 31.3. The monoisotopic (exact) mass is 217 g/mol. The van der Waals surface area contributed by atoms with Gasteiger partial charge in [-0.25, -0.2) is 0 Å². The minimum absolute atomic E-state index is 0.586. The van der Waals surface area contributed by atoms with Gasteiger partial charge in [0.1, 0.15) is 5.72 Å². The Morgan fingerprint density at radius 1 is 1.73 bits per heavy atom. The maximum atomic E-state index is 5.91. The Morgan fingerprint density at radius 2 is 2.36 bits per heavy atom. The number of hydrogen-bond acceptors (Lipinski definition) is 2. The van der Waals surface area contributed by atoms with E-state index in [2.05, 4.69) is 15.9 Å². The summed E-state index contributed by atoms with van der Waals surface area (Å²) >= 11 is 3.38. The number of nitrogens with two attached hydrogens (primary N) is 1. The lowest BCUT2D eigenvalue weighted by Crippen LogP contribution is -2.43. The van der Waals surface area contributed by atoms with Gasteiger partial charge in [-0.2, -0.15) is 0 Å². The Hall–Kier alpha value is -0.120. The molecule has 0 fully saturated rings. The molecule has 0 saturated carbocycles. The van der Waals surface area contributed by atoms with E-state index >= 15 is 0 Å². The minimum atomic E-state index is -0.586. The molecule has 0 aromatic carbocycles. The highest BCUT2D eigenvalue weighted by Crippen LogP contribution is 2.28. The van der Waals surface area contributed by atoms with Crippen molar-refractivity contribution in [3.05, 3.63) is 22.2 Å². The van der Waals surface area contributed by atoms with Crippen LogP contribution in [0.1, 0.15) is 13.3 Å². The number of hydrogen-bond donors (Lipinski definition) is 1. The van der Waals surface area contributed by atoms with E-state index in [9.17, 15) is 0 Å². The summed E-state index contributed by atoms with van der Waals surface area (Å²) in [6, 6.07) is 0. The lowest BCUT2D eigenvalue weighted by molar-refractivity contribution is 0.0289. The molecule has 0 aromatic rings. The van der Waals surface area contributed by atoms with Crippen LogP contribution < -0.4 is 5.73 Å². The standard InChI is InChI=1S/C8H12BrNO/c1-6-5-7(9)3-4-8(6,10)11-2/h3,5H,4,10H2,1-2H3. The molecule has 0 aliphatic heterocycles. The molecular weight excluding hydrogens is 206 g/mol. The molecule has 1 atom stereocenters. The smallest absolute Gasteiger partial charge is 0.142 e. The summed E-state index contributed by atoms with van der Waals surface area (Å²) < 4.78 is 6.26. The fraction of sp³-hybridized carbons (Fsp3) is 0.500. The van der Waals surface area contributed by atoms with Crippen LogP contribution in [0.15, 0.2) is 22.2 Å². The third-order valence-electron chi connectivity index (χ3n) is 1.99. The summed E-state index contributed by atoms with van der Waals surface area (Å²) in [5.41, 5.74) is 6.37. The van der Waals surface area contributed by atoms with Gasteiger partial charge in [0.05, 0.1) is 0 Å². The van der Waals surface area contributed by atoms with Crippen LogP contribution in [0.5, 0.6) is 0 Å². The second-order valence-corrected chi connectivity index (χ2v) is 3.63. The van der Waals surface area contributed by atoms with E-state index in [4.69, 9.17) is 10.5 Å². The predicted octanol–water partition coefficient (Wildman–Crippen LogP) is 1.92. The van der Waals surface area contributed by atoms with Gasteiger partial charge in [-0.15, -0.1) is 0 Å². The lowest BCUT2D eigenvalue weighted by atomic mass is 9.97. The Bertz CT molecular complexity index is 222. The summed E-state index contributed by atoms with van der Waals surface area (Å²) in [5.74, 6) is 0. The molecule has 1 aliphatic rings. The molecule has 2 N–H and O–H groups in total. The third-order valence-corrected chi connectivity index (χ3v) is 2.54. The topological polar surface area (TPSA) is 35.2 Å². The van der Waals surface area contributed by atoms with Crippen molar-refractivity contribution in [2.75, 3.05) is 7.11 Å². The van der Waals surface area contributed by atoms with E-state index in [1.54, 1.807) is 7.11 Å². The zero-order valence-electron chi connectivity index (χ0n) is 6.73. The zero-order valence-corrected chi connectivity index (χ0v) is 8.31. The molecule has 0 bridgehead atoms. The van der Waals surface area contributed by atoms with E-state index in [0.717, 1.165) is 16.5 Å². The van der Waals surface area contributed by atoms with Crippen LogP contribution in [0.3, 0.4) is 0 Å². The van der Waals surface area contributed by atoms with Crippen LogP contribution in [0, 0.1) is 0 Å². The molecule has 11 heavy (non-hydrogen) atoms. The number of halogens is 1. The van der Waals surface area contributed by atoms with Crippen LogP contribution in [0.4, 0.5) is 0 Å². The summed E-state index contributed by atoms with van der Waals surface area (Å²) in [4.78, 5) is 0. The summed E-state index contributed by atoms with van der Waals surface area (Å²) in [6.07, 6.45) is 4.72. The molecule has 1 rings (SSSR count). The van der Waals surface area contributed by atoms with Crippen LogP contribution in [0.25, 0.3) is 0 Å². The number of methoxy groups -OCH3 is 1. The van der Waals surface area contributed by atoms with Crippen LogP contribution in [-0.4, -0.2) is 12.8 Å².